The van der Waals surface area contributed by atoms with Crippen molar-refractivity contribution in [1.29, 1.82) is 0 Å². The van der Waals surface area contributed by atoms with Crippen molar-refractivity contribution in [3.8, 4) is 0 Å². The first-order chi connectivity index (χ1) is 9.69. The molecule has 6 nitrogen and oxygen atoms in total. The van der Waals surface area contributed by atoms with E-state index in [2.05, 4.69) is 10.0 Å². The number of carbonyl (C=O) groups is 1. The second-order valence-corrected chi connectivity index (χ2v) is 7.38. The van der Waals surface area contributed by atoms with E-state index in [4.69, 9.17) is 5.73 Å². The summed E-state index contributed by atoms with van der Waals surface area (Å²) in [5, 5.41) is 2.81. The number of halogens is 1. The number of sulfonamides is 1. The smallest absolute Gasteiger partial charge is 0.251 e. The highest BCUT2D eigenvalue weighted by Crippen LogP contribution is 2.13. The minimum Gasteiger partial charge on any atom is -0.346 e. The van der Waals surface area contributed by atoms with E-state index in [9.17, 15) is 13.2 Å². The third-order valence-electron chi connectivity index (χ3n) is 2.86. The van der Waals surface area contributed by atoms with Crippen molar-refractivity contribution in [2.45, 2.75) is 32.7 Å². The van der Waals surface area contributed by atoms with Gasteiger partial charge in [0.05, 0.1) is 5.75 Å². The fraction of sp³-hybridized carbons (Fsp3) is 0.500. The predicted molar refractivity (Wildman–Crippen MR) is 92.0 cm³/mol. The molecule has 0 radical (unpaired) electrons. The maximum atomic E-state index is 12.0. The quantitative estimate of drug-likeness (QED) is 0.697. The Balaban J connectivity index is 0.00000441. The average Bonchev–Trinajstić information content (AvgIpc) is 2.38. The molecule has 0 fully saturated rings. The van der Waals surface area contributed by atoms with E-state index < -0.39 is 15.6 Å². The van der Waals surface area contributed by atoms with Crippen LogP contribution in [0.15, 0.2) is 24.3 Å². The monoisotopic (exact) mass is 349 g/mol. The van der Waals surface area contributed by atoms with Gasteiger partial charge < -0.3 is 11.1 Å². The highest BCUT2D eigenvalue weighted by molar-refractivity contribution is 7.92. The summed E-state index contributed by atoms with van der Waals surface area (Å²) in [6.07, 6.45) is 0.546. The zero-order chi connectivity index (χ0) is 16.1. The van der Waals surface area contributed by atoms with Crippen molar-refractivity contribution >= 4 is 34.0 Å². The average molecular weight is 350 g/mol. The molecule has 0 unspecified atom stereocenters. The van der Waals surface area contributed by atoms with Crippen LogP contribution in [0, 0.1) is 0 Å². The number of rotatable bonds is 7. The maximum absolute atomic E-state index is 12.0. The Labute approximate surface area is 138 Å². The second-order valence-electron chi connectivity index (χ2n) is 5.54. The molecule has 0 bridgehead atoms. The Morgan fingerprint density at radius 3 is 2.23 bits per heavy atom. The Bertz CT molecular complexity index is 586. The van der Waals surface area contributed by atoms with Crippen LogP contribution in [0.2, 0.25) is 0 Å². The van der Waals surface area contributed by atoms with Crippen LogP contribution in [-0.2, 0) is 10.0 Å². The summed E-state index contributed by atoms with van der Waals surface area (Å²) in [6, 6.07) is 6.28. The zero-order valence-electron chi connectivity index (χ0n) is 13.0. The number of hydrogen-bond donors (Lipinski definition) is 3. The molecule has 4 N–H and O–H groups in total. The Kier molecular flexibility index (Phi) is 7.86. The van der Waals surface area contributed by atoms with Crippen molar-refractivity contribution in [2.24, 2.45) is 5.73 Å². The summed E-state index contributed by atoms with van der Waals surface area (Å²) in [7, 11) is -3.32. The molecule has 1 aromatic rings. The van der Waals surface area contributed by atoms with Crippen LogP contribution in [0.1, 0.15) is 37.6 Å². The van der Waals surface area contributed by atoms with Crippen molar-refractivity contribution in [2.75, 3.05) is 17.0 Å². The first-order valence-corrected chi connectivity index (χ1v) is 8.47. The van der Waals surface area contributed by atoms with Crippen LogP contribution in [0.25, 0.3) is 0 Å². The number of nitrogens with two attached hydrogens (primary N) is 1. The van der Waals surface area contributed by atoms with E-state index in [1.54, 1.807) is 31.2 Å². The summed E-state index contributed by atoms with van der Waals surface area (Å²) in [4.78, 5) is 12.0. The van der Waals surface area contributed by atoms with Gasteiger partial charge in [0.2, 0.25) is 10.0 Å². The first kappa shape index (κ1) is 20.7. The first-order valence-electron chi connectivity index (χ1n) is 6.82. The molecule has 0 saturated heterocycles. The van der Waals surface area contributed by atoms with Gasteiger partial charge >= 0.3 is 0 Å². The lowest BCUT2D eigenvalue weighted by molar-refractivity contribution is 0.0915. The Morgan fingerprint density at radius 1 is 1.23 bits per heavy atom. The van der Waals surface area contributed by atoms with E-state index in [-0.39, 0.29) is 24.1 Å². The van der Waals surface area contributed by atoms with Gasteiger partial charge in [0.1, 0.15) is 0 Å². The van der Waals surface area contributed by atoms with Gasteiger partial charge in [-0.15, -0.1) is 12.4 Å². The minimum atomic E-state index is -3.32. The zero-order valence-corrected chi connectivity index (χ0v) is 14.7. The number of anilines is 1. The van der Waals surface area contributed by atoms with Crippen LogP contribution in [0.5, 0.6) is 0 Å². The van der Waals surface area contributed by atoms with Gasteiger partial charge in [0, 0.05) is 23.3 Å². The summed E-state index contributed by atoms with van der Waals surface area (Å²) >= 11 is 0. The van der Waals surface area contributed by atoms with Crippen LogP contribution < -0.4 is 15.8 Å². The van der Waals surface area contributed by atoms with E-state index in [0.29, 0.717) is 24.2 Å². The summed E-state index contributed by atoms with van der Waals surface area (Å²) < 4.78 is 25.7. The van der Waals surface area contributed by atoms with Gasteiger partial charge in [-0.2, -0.15) is 0 Å². The highest BCUT2D eigenvalue weighted by atomic mass is 35.5. The molecule has 0 aliphatic heterocycles. The van der Waals surface area contributed by atoms with Crippen molar-refractivity contribution in [1.82, 2.24) is 5.32 Å². The third-order valence-corrected chi connectivity index (χ3v) is 4.35. The highest BCUT2D eigenvalue weighted by Gasteiger charge is 2.19. The third kappa shape index (κ3) is 6.64. The standard InChI is InChI=1S/C14H23N3O3S.ClH/c1-4-9-21(19,20)17-12-7-5-11(6-8-12)13(18)16-14(2,3)10-15;/h5-8,17H,4,9-10,15H2,1-3H3,(H,16,18);1H. The fourth-order valence-corrected chi connectivity index (χ4v) is 2.75. The maximum Gasteiger partial charge on any atom is 0.251 e. The summed E-state index contributed by atoms with van der Waals surface area (Å²) in [5.74, 6) is -0.173. The number of carbonyl (C=O) groups excluding carboxylic acids is 1. The molecule has 0 spiro atoms. The number of nitrogens with one attached hydrogen (secondary N) is 2. The molecule has 22 heavy (non-hydrogen) atoms. The molecule has 0 atom stereocenters. The van der Waals surface area contributed by atoms with Gasteiger partial charge in [0.15, 0.2) is 0 Å². The van der Waals surface area contributed by atoms with Crippen molar-refractivity contribution in [3.63, 3.8) is 0 Å². The van der Waals surface area contributed by atoms with Crippen LogP contribution in [-0.4, -0.2) is 32.2 Å². The topological polar surface area (TPSA) is 101 Å². The lowest BCUT2D eigenvalue weighted by Crippen LogP contribution is -2.48. The van der Waals surface area contributed by atoms with Crippen molar-refractivity contribution < 1.29 is 13.2 Å². The lowest BCUT2D eigenvalue weighted by atomic mass is 10.1. The van der Waals surface area contributed by atoms with Gasteiger partial charge in [0.25, 0.3) is 5.91 Å². The number of hydrogen-bond acceptors (Lipinski definition) is 4. The van der Waals surface area contributed by atoms with Crippen LogP contribution in [0.3, 0.4) is 0 Å². The lowest BCUT2D eigenvalue weighted by Gasteiger charge is -2.24. The van der Waals surface area contributed by atoms with Crippen molar-refractivity contribution in [3.05, 3.63) is 29.8 Å². The number of amides is 1. The molecule has 0 aliphatic rings. The van der Waals surface area contributed by atoms with Crippen LogP contribution in [0.4, 0.5) is 5.69 Å². The molecule has 1 aromatic carbocycles. The van der Waals surface area contributed by atoms with E-state index >= 15 is 0 Å². The second kappa shape index (κ2) is 8.36. The minimum absolute atomic E-state index is 0. The number of benzene rings is 1. The van der Waals surface area contributed by atoms with Crippen LogP contribution >= 0.6 is 12.4 Å². The SMILES string of the molecule is CCCS(=O)(=O)Nc1ccc(C(=O)NC(C)(C)CN)cc1.Cl. The molecule has 0 heterocycles. The largest absolute Gasteiger partial charge is 0.346 e. The molecule has 0 aromatic heterocycles. The van der Waals surface area contributed by atoms with E-state index in [1.165, 1.54) is 0 Å². The summed E-state index contributed by atoms with van der Waals surface area (Å²) in [6.45, 7) is 5.79. The Hall–Kier alpha value is -1.31. The molecule has 0 saturated carbocycles. The van der Waals surface area contributed by atoms with Gasteiger partial charge in [-0.3, -0.25) is 9.52 Å². The molecule has 1 amide bonds. The fourth-order valence-electron chi connectivity index (χ4n) is 1.62. The molecule has 126 valence electrons. The summed E-state index contributed by atoms with van der Waals surface area (Å²) in [5.41, 5.74) is 5.97. The Morgan fingerprint density at radius 2 is 1.77 bits per heavy atom. The molecular formula is C14H24ClN3O3S. The van der Waals surface area contributed by atoms with Gasteiger partial charge in [-0.25, -0.2) is 8.42 Å². The molecule has 8 heteroatoms. The molecule has 1 rings (SSSR count). The van der Waals surface area contributed by atoms with E-state index in [0.717, 1.165) is 0 Å². The molecule has 0 aliphatic carbocycles. The normalized spacial score (nSPS) is 11.5. The van der Waals surface area contributed by atoms with E-state index in [1.807, 2.05) is 13.8 Å². The predicted octanol–water partition coefficient (Wildman–Crippen LogP) is 1.73. The van der Waals surface area contributed by atoms with Gasteiger partial charge in [-0.05, 0) is 44.5 Å². The molecular weight excluding hydrogens is 326 g/mol. The van der Waals surface area contributed by atoms with Gasteiger partial charge in [-0.1, -0.05) is 6.92 Å².